The molecular formula is C18H21NO2. The first kappa shape index (κ1) is 15.3. The van der Waals surface area contributed by atoms with E-state index in [4.69, 9.17) is 0 Å². The Morgan fingerprint density at radius 3 is 2.29 bits per heavy atom. The normalized spacial score (nSPS) is 13.5. The second-order valence-corrected chi connectivity index (χ2v) is 5.70. The fourth-order valence-corrected chi connectivity index (χ4v) is 2.09. The fraction of sp³-hybridized carbons (Fsp3) is 0.278. The predicted molar refractivity (Wildman–Crippen MR) is 85.9 cm³/mol. The van der Waals surface area contributed by atoms with Gasteiger partial charge < -0.3 is 10.2 Å². The molecule has 2 rings (SSSR count). The van der Waals surface area contributed by atoms with E-state index >= 15 is 0 Å². The van der Waals surface area contributed by atoms with E-state index in [1.54, 1.807) is 38.3 Å². The van der Waals surface area contributed by atoms with E-state index in [0.717, 1.165) is 5.56 Å². The van der Waals surface area contributed by atoms with Crippen molar-refractivity contribution in [3.63, 3.8) is 0 Å². The number of aliphatic hydroxyl groups is 1. The lowest BCUT2D eigenvalue weighted by Gasteiger charge is -2.26. The second-order valence-electron chi connectivity index (χ2n) is 5.70. The summed E-state index contributed by atoms with van der Waals surface area (Å²) in [4.78, 5) is 4.49. The molecule has 1 atom stereocenters. The zero-order chi connectivity index (χ0) is 15.3. The van der Waals surface area contributed by atoms with Gasteiger partial charge in [0.25, 0.3) is 0 Å². The van der Waals surface area contributed by atoms with E-state index < -0.39 is 5.60 Å². The molecule has 2 aromatic carbocycles. The number of phenols is 1. The van der Waals surface area contributed by atoms with Crippen molar-refractivity contribution in [2.24, 2.45) is 4.99 Å². The number of aliphatic imine (C=N–C) groups is 1. The van der Waals surface area contributed by atoms with Crippen molar-refractivity contribution in [3.8, 4) is 5.75 Å². The molecular weight excluding hydrogens is 262 g/mol. The molecule has 0 aromatic heterocycles. The lowest BCUT2D eigenvalue weighted by molar-refractivity contribution is 0.0532. The summed E-state index contributed by atoms with van der Waals surface area (Å²) in [6.45, 7) is 3.51. The van der Waals surface area contributed by atoms with Gasteiger partial charge >= 0.3 is 0 Å². The van der Waals surface area contributed by atoms with E-state index in [1.165, 1.54) is 0 Å². The maximum Gasteiger partial charge on any atom is 0.124 e. The minimum absolute atomic E-state index is 0.190. The third-order valence-corrected chi connectivity index (χ3v) is 3.42. The Morgan fingerprint density at radius 2 is 1.67 bits per heavy atom. The Labute approximate surface area is 125 Å². The number of hydrogen-bond acceptors (Lipinski definition) is 3. The summed E-state index contributed by atoms with van der Waals surface area (Å²) < 4.78 is 0. The molecule has 2 N–H and O–H groups in total. The van der Waals surface area contributed by atoms with Gasteiger partial charge in [-0.15, -0.1) is 0 Å². The van der Waals surface area contributed by atoms with Crippen LogP contribution < -0.4 is 0 Å². The molecule has 0 amide bonds. The van der Waals surface area contributed by atoms with E-state index in [9.17, 15) is 10.2 Å². The molecule has 2 aromatic rings. The van der Waals surface area contributed by atoms with Crippen molar-refractivity contribution < 1.29 is 10.2 Å². The lowest BCUT2D eigenvalue weighted by atomic mass is 9.93. The standard InChI is InChI=1S/C18H21NO2/c1-18(2,21)17(12-14-8-4-3-5-9-14)19-13-15-10-6-7-11-16(15)20/h3-11,13,17,20-21H,12H2,1-2H3/t17-/m0/s1. The molecule has 110 valence electrons. The smallest absolute Gasteiger partial charge is 0.124 e. The summed E-state index contributed by atoms with van der Waals surface area (Å²) in [5.41, 5.74) is 0.843. The van der Waals surface area contributed by atoms with Crippen LogP contribution in [0.15, 0.2) is 59.6 Å². The Morgan fingerprint density at radius 1 is 1.05 bits per heavy atom. The summed E-state index contributed by atoms with van der Waals surface area (Å²) in [6, 6.07) is 16.7. The van der Waals surface area contributed by atoms with Crippen molar-refractivity contribution in [3.05, 3.63) is 65.7 Å². The molecule has 3 heteroatoms. The van der Waals surface area contributed by atoms with Gasteiger partial charge in [-0.1, -0.05) is 42.5 Å². The summed E-state index contributed by atoms with van der Waals surface area (Å²) in [5, 5.41) is 20.1. The van der Waals surface area contributed by atoms with E-state index in [2.05, 4.69) is 4.99 Å². The SMILES string of the molecule is CC(C)(O)[C@H](Cc1ccccc1)N=Cc1ccccc1O. The van der Waals surface area contributed by atoms with Gasteiger partial charge in [0.15, 0.2) is 0 Å². The monoisotopic (exact) mass is 283 g/mol. The molecule has 0 unspecified atom stereocenters. The van der Waals surface area contributed by atoms with Crippen LogP contribution in [0.3, 0.4) is 0 Å². The average Bonchev–Trinajstić information content (AvgIpc) is 2.45. The molecule has 0 spiro atoms. The highest BCUT2D eigenvalue weighted by Gasteiger charge is 2.26. The highest BCUT2D eigenvalue weighted by atomic mass is 16.3. The molecule has 0 aliphatic heterocycles. The Hall–Kier alpha value is -2.13. The molecule has 21 heavy (non-hydrogen) atoms. The van der Waals surface area contributed by atoms with Crippen molar-refractivity contribution in [2.75, 3.05) is 0 Å². The van der Waals surface area contributed by atoms with Gasteiger partial charge in [-0.2, -0.15) is 0 Å². The first-order valence-electron chi connectivity index (χ1n) is 7.04. The van der Waals surface area contributed by atoms with Gasteiger partial charge in [0.2, 0.25) is 0 Å². The summed E-state index contributed by atoms with van der Waals surface area (Å²) in [7, 11) is 0. The van der Waals surface area contributed by atoms with Gasteiger partial charge in [0, 0.05) is 11.8 Å². The predicted octanol–water partition coefficient (Wildman–Crippen LogP) is 3.19. The number of para-hydroxylation sites is 1. The Balaban J connectivity index is 2.20. The van der Waals surface area contributed by atoms with Crippen LogP contribution in [0.2, 0.25) is 0 Å². The lowest BCUT2D eigenvalue weighted by Crippen LogP contribution is -2.36. The second kappa shape index (κ2) is 6.55. The van der Waals surface area contributed by atoms with Crippen LogP contribution in [-0.4, -0.2) is 28.1 Å². The summed E-state index contributed by atoms with van der Waals surface area (Å²) in [6.07, 6.45) is 2.27. The van der Waals surface area contributed by atoms with E-state index in [0.29, 0.717) is 12.0 Å². The van der Waals surface area contributed by atoms with Crippen molar-refractivity contribution in [1.82, 2.24) is 0 Å². The largest absolute Gasteiger partial charge is 0.507 e. The van der Waals surface area contributed by atoms with Crippen LogP contribution in [0.25, 0.3) is 0 Å². The molecule has 0 aliphatic carbocycles. The average molecular weight is 283 g/mol. The number of nitrogens with zero attached hydrogens (tertiary/aromatic N) is 1. The van der Waals surface area contributed by atoms with E-state index in [1.807, 2.05) is 36.4 Å². The Kier molecular flexibility index (Phi) is 4.76. The summed E-state index contributed by atoms with van der Waals surface area (Å²) >= 11 is 0. The minimum Gasteiger partial charge on any atom is -0.507 e. The molecule has 0 radical (unpaired) electrons. The van der Waals surface area contributed by atoms with Crippen LogP contribution in [0, 0.1) is 0 Å². The molecule has 3 nitrogen and oxygen atoms in total. The zero-order valence-corrected chi connectivity index (χ0v) is 12.4. The van der Waals surface area contributed by atoms with Crippen LogP contribution >= 0.6 is 0 Å². The highest BCUT2D eigenvalue weighted by molar-refractivity contribution is 5.83. The van der Waals surface area contributed by atoms with Gasteiger partial charge in [-0.25, -0.2) is 0 Å². The van der Waals surface area contributed by atoms with Crippen LogP contribution in [0.4, 0.5) is 0 Å². The number of phenolic OH excluding ortho intramolecular Hbond substituents is 1. The van der Waals surface area contributed by atoms with Gasteiger partial charge in [-0.3, -0.25) is 4.99 Å². The quantitative estimate of drug-likeness (QED) is 0.828. The molecule has 0 heterocycles. The van der Waals surface area contributed by atoms with Crippen LogP contribution in [0.1, 0.15) is 25.0 Å². The maximum atomic E-state index is 10.3. The fourth-order valence-electron chi connectivity index (χ4n) is 2.09. The number of aromatic hydroxyl groups is 1. The van der Waals surface area contributed by atoms with E-state index in [-0.39, 0.29) is 11.8 Å². The van der Waals surface area contributed by atoms with Gasteiger partial charge in [-0.05, 0) is 38.0 Å². The first-order valence-corrected chi connectivity index (χ1v) is 7.04. The van der Waals surface area contributed by atoms with Gasteiger partial charge in [0.1, 0.15) is 5.75 Å². The van der Waals surface area contributed by atoms with Crippen LogP contribution in [0.5, 0.6) is 5.75 Å². The topological polar surface area (TPSA) is 52.8 Å². The molecule has 0 fully saturated rings. The molecule has 0 saturated heterocycles. The Bertz CT molecular complexity index is 600. The number of benzene rings is 2. The van der Waals surface area contributed by atoms with Crippen molar-refractivity contribution in [1.29, 1.82) is 0 Å². The highest BCUT2D eigenvalue weighted by Crippen LogP contribution is 2.19. The maximum absolute atomic E-state index is 10.3. The molecule has 0 saturated carbocycles. The number of rotatable bonds is 5. The third-order valence-electron chi connectivity index (χ3n) is 3.42. The zero-order valence-electron chi connectivity index (χ0n) is 12.4. The van der Waals surface area contributed by atoms with Gasteiger partial charge in [0.05, 0.1) is 11.6 Å². The molecule has 0 bridgehead atoms. The van der Waals surface area contributed by atoms with Crippen molar-refractivity contribution in [2.45, 2.75) is 31.9 Å². The third kappa shape index (κ3) is 4.43. The summed E-state index contributed by atoms with van der Waals surface area (Å²) in [5.74, 6) is 0.190. The molecule has 0 aliphatic rings. The van der Waals surface area contributed by atoms with Crippen molar-refractivity contribution >= 4 is 6.21 Å². The first-order chi connectivity index (χ1) is 9.97. The minimum atomic E-state index is -0.934. The number of hydrogen-bond donors (Lipinski definition) is 2. The van der Waals surface area contributed by atoms with Crippen LogP contribution in [-0.2, 0) is 6.42 Å².